The largest absolute Gasteiger partial charge is 0.206 e. The van der Waals surface area contributed by atoms with E-state index in [0.717, 1.165) is 5.57 Å². The first-order chi connectivity index (χ1) is 6.18. The van der Waals surface area contributed by atoms with Crippen molar-refractivity contribution in [3.05, 3.63) is 47.4 Å². The Bertz CT molecular complexity index is 338. The molecule has 0 spiro atoms. The third-order valence-corrected chi connectivity index (χ3v) is 2.62. The highest BCUT2D eigenvalue weighted by molar-refractivity contribution is 5.49. The van der Waals surface area contributed by atoms with Gasteiger partial charge in [-0.1, -0.05) is 18.7 Å². The molecule has 0 amide bonds. The molecule has 1 heteroatoms. The molecule has 0 aromatic rings. The summed E-state index contributed by atoms with van der Waals surface area (Å²) in [4.78, 5) is 0. The average Bonchev–Trinajstić information content (AvgIpc) is 2.91. The summed E-state index contributed by atoms with van der Waals surface area (Å²) >= 11 is 0. The van der Waals surface area contributed by atoms with Crippen LogP contribution in [0.3, 0.4) is 0 Å². The minimum Gasteiger partial charge on any atom is -0.206 e. The summed E-state index contributed by atoms with van der Waals surface area (Å²) in [6.45, 7) is 5.62. The fourth-order valence-corrected chi connectivity index (χ4v) is 1.51. The van der Waals surface area contributed by atoms with Gasteiger partial charge in [0.2, 0.25) is 0 Å². The lowest BCUT2D eigenvalue weighted by molar-refractivity contribution is 0.655. The third kappa shape index (κ3) is 1.64. The molecule has 0 saturated heterocycles. The molecule has 2 rings (SSSR count). The zero-order chi connectivity index (χ0) is 9.42. The molecule has 0 aromatic carbocycles. The second kappa shape index (κ2) is 2.99. The fraction of sp³-hybridized carbons (Fsp3) is 0.333. The molecule has 1 saturated carbocycles. The molecule has 0 unspecified atom stereocenters. The van der Waals surface area contributed by atoms with Crippen molar-refractivity contribution in [1.29, 1.82) is 0 Å². The van der Waals surface area contributed by atoms with Gasteiger partial charge >= 0.3 is 0 Å². The van der Waals surface area contributed by atoms with Crippen molar-refractivity contribution in [3.63, 3.8) is 0 Å². The van der Waals surface area contributed by atoms with Crippen LogP contribution in [0.15, 0.2) is 47.4 Å². The molecule has 2 aliphatic carbocycles. The monoisotopic (exact) mass is 176 g/mol. The Morgan fingerprint density at radius 3 is 2.69 bits per heavy atom. The summed E-state index contributed by atoms with van der Waals surface area (Å²) in [6, 6.07) is 0. The highest BCUT2D eigenvalue weighted by Crippen LogP contribution is 2.39. The van der Waals surface area contributed by atoms with E-state index in [4.69, 9.17) is 0 Å². The molecule has 0 N–H and O–H groups in total. The van der Waals surface area contributed by atoms with E-state index >= 15 is 0 Å². The lowest BCUT2D eigenvalue weighted by Gasteiger charge is -2.01. The Labute approximate surface area is 78.1 Å². The van der Waals surface area contributed by atoms with Crippen LogP contribution in [0.4, 0.5) is 4.39 Å². The van der Waals surface area contributed by atoms with Crippen LogP contribution in [0.5, 0.6) is 0 Å². The summed E-state index contributed by atoms with van der Waals surface area (Å²) in [5, 5.41) is 0. The molecule has 2 aliphatic rings. The molecule has 0 atom stereocenters. The van der Waals surface area contributed by atoms with Crippen LogP contribution in [0.1, 0.15) is 19.8 Å². The van der Waals surface area contributed by atoms with Gasteiger partial charge in [0, 0.05) is 5.57 Å². The van der Waals surface area contributed by atoms with Crippen LogP contribution in [0, 0.1) is 5.92 Å². The Balaban J connectivity index is 2.35. The van der Waals surface area contributed by atoms with Gasteiger partial charge in [-0.2, -0.15) is 0 Å². The van der Waals surface area contributed by atoms with Gasteiger partial charge in [0.1, 0.15) is 5.83 Å². The van der Waals surface area contributed by atoms with Crippen molar-refractivity contribution in [1.82, 2.24) is 0 Å². The molecule has 68 valence electrons. The molecule has 1 fully saturated rings. The number of hydrogen-bond donors (Lipinski definition) is 0. The van der Waals surface area contributed by atoms with E-state index in [0.29, 0.717) is 11.5 Å². The van der Waals surface area contributed by atoms with E-state index < -0.39 is 0 Å². The molecule has 13 heavy (non-hydrogen) atoms. The first-order valence-electron chi connectivity index (χ1n) is 4.64. The average molecular weight is 176 g/mol. The van der Waals surface area contributed by atoms with E-state index in [1.165, 1.54) is 24.5 Å². The maximum Gasteiger partial charge on any atom is 0.130 e. The number of halogens is 1. The molecular weight excluding hydrogens is 163 g/mol. The van der Waals surface area contributed by atoms with Gasteiger partial charge in [-0.15, -0.1) is 0 Å². The van der Waals surface area contributed by atoms with Crippen molar-refractivity contribution in [3.8, 4) is 0 Å². The Kier molecular flexibility index (Phi) is 1.95. The predicted molar refractivity (Wildman–Crippen MR) is 52.9 cm³/mol. The normalized spacial score (nSPS) is 23.2. The van der Waals surface area contributed by atoms with Gasteiger partial charge in [0.15, 0.2) is 0 Å². The third-order valence-electron chi connectivity index (χ3n) is 2.62. The van der Waals surface area contributed by atoms with Crippen LogP contribution in [0.25, 0.3) is 0 Å². The highest BCUT2D eigenvalue weighted by Gasteiger charge is 2.25. The summed E-state index contributed by atoms with van der Waals surface area (Å²) in [6.07, 6.45) is 7.97. The minimum absolute atomic E-state index is 0.204. The summed E-state index contributed by atoms with van der Waals surface area (Å²) in [5.41, 5.74) is 2.72. The Morgan fingerprint density at radius 2 is 2.08 bits per heavy atom. The summed E-state index contributed by atoms with van der Waals surface area (Å²) in [5.74, 6) is 0.467. The smallest absolute Gasteiger partial charge is 0.130 e. The van der Waals surface area contributed by atoms with Gasteiger partial charge in [-0.05, 0) is 42.9 Å². The summed E-state index contributed by atoms with van der Waals surface area (Å²) < 4.78 is 13.2. The second-order valence-corrected chi connectivity index (χ2v) is 3.76. The Morgan fingerprint density at radius 1 is 1.38 bits per heavy atom. The quantitative estimate of drug-likeness (QED) is 0.571. The molecule has 0 radical (unpaired) electrons. The van der Waals surface area contributed by atoms with Crippen molar-refractivity contribution >= 4 is 0 Å². The molecular formula is C12H13F. The highest BCUT2D eigenvalue weighted by atomic mass is 19.1. The lowest BCUT2D eigenvalue weighted by atomic mass is 10.1. The standard InChI is InChI=1S/C12H13F/c1-8-7-11(10-3-4-10)5-6-12(13)9(8)2/h5-7,10H,2-4H2,1H3. The first-order valence-corrected chi connectivity index (χ1v) is 4.64. The maximum atomic E-state index is 13.2. The Hall–Kier alpha value is -1.11. The SMILES string of the molecule is C=C1C(C)=CC(C2CC2)=CC=C1F. The molecule has 0 bridgehead atoms. The van der Waals surface area contributed by atoms with Crippen LogP contribution < -0.4 is 0 Å². The van der Waals surface area contributed by atoms with Crippen LogP contribution in [-0.2, 0) is 0 Å². The van der Waals surface area contributed by atoms with Gasteiger partial charge in [0.05, 0.1) is 0 Å². The van der Waals surface area contributed by atoms with Crippen molar-refractivity contribution in [2.24, 2.45) is 5.92 Å². The van der Waals surface area contributed by atoms with Gasteiger partial charge in [-0.25, -0.2) is 4.39 Å². The number of rotatable bonds is 1. The summed E-state index contributed by atoms with van der Waals surface area (Å²) in [7, 11) is 0. The topological polar surface area (TPSA) is 0 Å². The van der Waals surface area contributed by atoms with E-state index in [1.54, 1.807) is 0 Å². The number of hydrogen-bond acceptors (Lipinski definition) is 0. The van der Waals surface area contributed by atoms with E-state index in [2.05, 4.69) is 12.7 Å². The van der Waals surface area contributed by atoms with Gasteiger partial charge in [-0.3, -0.25) is 0 Å². The molecule has 0 aliphatic heterocycles. The predicted octanol–water partition coefficient (Wildman–Crippen LogP) is 3.69. The maximum absolute atomic E-state index is 13.2. The van der Waals surface area contributed by atoms with Gasteiger partial charge < -0.3 is 0 Å². The fourth-order valence-electron chi connectivity index (χ4n) is 1.51. The minimum atomic E-state index is -0.204. The molecule has 0 nitrogen and oxygen atoms in total. The lowest BCUT2D eigenvalue weighted by Crippen LogP contribution is -1.84. The van der Waals surface area contributed by atoms with Crippen LogP contribution in [0.2, 0.25) is 0 Å². The first kappa shape index (κ1) is 8.49. The van der Waals surface area contributed by atoms with Crippen molar-refractivity contribution < 1.29 is 4.39 Å². The molecule has 0 aromatic heterocycles. The zero-order valence-corrected chi connectivity index (χ0v) is 7.81. The van der Waals surface area contributed by atoms with E-state index in [-0.39, 0.29) is 5.83 Å². The zero-order valence-electron chi connectivity index (χ0n) is 7.81. The van der Waals surface area contributed by atoms with Crippen LogP contribution >= 0.6 is 0 Å². The molecule has 0 heterocycles. The van der Waals surface area contributed by atoms with E-state index in [9.17, 15) is 4.39 Å². The van der Waals surface area contributed by atoms with E-state index in [1.807, 2.05) is 13.0 Å². The second-order valence-electron chi connectivity index (χ2n) is 3.76. The number of allylic oxidation sites excluding steroid dienone is 7. The van der Waals surface area contributed by atoms with Crippen LogP contribution in [-0.4, -0.2) is 0 Å². The van der Waals surface area contributed by atoms with Crippen molar-refractivity contribution in [2.75, 3.05) is 0 Å². The van der Waals surface area contributed by atoms with Crippen molar-refractivity contribution in [2.45, 2.75) is 19.8 Å². The van der Waals surface area contributed by atoms with Gasteiger partial charge in [0.25, 0.3) is 0 Å².